The molecule has 1 aliphatic rings. The van der Waals surface area contributed by atoms with Crippen molar-refractivity contribution in [2.45, 2.75) is 44.4 Å². The smallest absolute Gasteiger partial charge is 0.252 e. The number of unbranched alkanes of at least 4 members (excludes halogenated alkanes) is 1. The van der Waals surface area contributed by atoms with Crippen LogP contribution in [0.1, 0.15) is 49.9 Å². The predicted molar refractivity (Wildman–Crippen MR) is 101 cm³/mol. The Morgan fingerprint density at radius 2 is 1.88 bits per heavy atom. The lowest BCUT2D eigenvalue weighted by atomic mass is 9.99. The zero-order valence-corrected chi connectivity index (χ0v) is 16.1. The first-order chi connectivity index (χ1) is 11.9. The van der Waals surface area contributed by atoms with Gasteiger partial charge in [0, 0.05) is 6.54 Å². The Balaban J connectivity index is 1.78. The number of benzene rings is 1. The van der Waals surface area contributed by atoms with Crippen molar-refractivity contribution in [1.82, 2.24) is 10.2 Å². The second kappa shape index (κ2) is 9.34. The van der Waals surface area contributed by atoms with E-state index in [9.17, 15) is 13.2 Å². The zero-order valence-electron chi connectivity index (χ0n) is 15.3. The number of carbonyl (C=O) groups is 1. The van der Waals surface area contributed by atoms with Gasteiger partial charge < -0.3 is 10.2 Å². The highest BCUT2D eigenvalue weighted by molar-refractivity contribution is 7.91. The molecule has 1 aliphatic heterocycles. The van der Waals surface area contributed by atoms with E-state index in [1.54, 1.807) is 25.1 Å². The molecule has 1 saturated heterocycles. The van der Waals surface area contributed by atoms with Gasteiger partial charge in [0.25, 0.3) is 5.91 Å². The van der Waals surface area contributed by atoms with Gasteiger partial charge in [-0.25, -0.2) is 8.42 Å². The molecule has 1 aromatic rings. The van der Waals surface area contributed by atoms with E-state index in [-0.39, 0.29) is 22.1 Å². The molecule has 1 amide bonds. The highest BCUT2D eigenvalue weighted by atomic mass is 32.2. The first-order valence-electron chi connectivity index (χ1n) is 9.26. The number of hydrogen-bond donors (Lipinski definition) is 1. The molecule has 1 heterocycles. The van der Waals surface area contributed by atoms with Gasteiger partial charge in [-0.1, -0.05) is 26.0 Å². The van der Waals surface area contributed by atoms with Crippen LogP contribution in [0.3, 0.4) is 0 Å². The molecule has 0 spiro atoms. The Hall–Kier alpha value is -1.40. The number of sulfone groups is 1. The third kappa shape index (κ3) is 5.82. The summed E-state index contributed by atoms with van der Waals surface area (Å²) in [6, 6.07) is 6.43. The molecule has 1 aromatic carbocycles. The van der Waals surface area contributed by atoms with E-state index in [2.05, 4.69) is 17.1 Å². The van der Waals surface area contributed by atoms with E-state index in [0.29, 0.717) is 6.54 Å². The fraction of sp³-hybridized carbons (Fsp3) is 0.632. The molecule has 1 fully saturated rings. The number of rotatable bonds is 8. The van der Waals surface area contributed by atoms with Crippen LogP contribution in [-0.4, -0.2) is 51.2 Å². The number of carbonyl (C=O) groups excluding carboxylic acids is 1. The van der Waals surface area contributed by atoms with Crippen molar-refractivity contribution in [3.05, 3.63) is 29.8 Å². The van der Waals surface area contributed by atoms with Crippen molar-refractivity contribution < 1.29 is 13.2 Å². The summed E-state index contributed by atoms with van der Waals surface area (Å²) in [5.74, 6) is 0.528. The van der Waals surface area contributed by atoms with Crippen LogP contribution < -0.4 is 5.32 Å². The summed E-state index contributed by atoms with van der Waals surface area (Å²) >= 11 is 0. The van der Waals surface area contributed by atoms with Gasteiger partial charge in [0.15, 0.2) is 9.84 Å². The minimum Gasteiger partial charge on any atom is -0.352 e. The zero-order chi connectivity index (χ0) is 18.3. The van der Waals surface area contributed by atoms with Crippen molar-refractivity contribution in [2.24, 2.45) is 5.92 Å². The lowest BCUT2D eigenvalue weighted by Crippen LogP contribution is -2.34. The molecular weight excluding hydrogens is 336 g/mol. The van der Waals surface area contributed by atoms with Crippen molar-refractivity contribution in [3.8, 4) is 0 Å². The summed E-state index contributed by atoms with van der Waals surface area (Å²) in [7, 11) is -3.40. The molecule has 0 saturated carbocycles. The molecular formula is C19H30N2O3S. The van der Waals surface area contributed by atoms with Gasteiger partial charge in [-0.15, -0.1) is 0 Å². The summed E-state index contributed by atoms with van der Waals surface area (Å²) in [6.07, 6.45) is 4.50. The van der Waals surface area contributed by atoms with Gasteiger partial charge in [-0.3, -0.25) is 4.79 Å². The monoisotopic (exact) mass is 366 g/mol. The van der Waals surface area contributed by atoms with Crippen LogP contribution in [0, 0.1) is 5.92 Å². The average molecular weight is 367 g/mol. The standard InChI is InChI=1S/C19H30N2O3S/c1-3-25(23,24)18-9-5-4-8-17(18)19(22)20-12-6-7-13-21-14-10-16(2)11-15-21/h4-5,8-9,16H,3,6-7,10-15H2,1-2H3,(H,20,22). The molecule has 0 unspecified atom stereocenters. The molecule has 6 heteroatoms. The van der Waals surface area contributed by atoms with Gasteiger partial charge in [0.2, 0.25) is 0 Å². The normalized spacial score (nSPS) is 16.7. The van der Waals surface area contributed by atoms with Crippen LogP contribution in [0.2, 0.25) is 0 Å². The van der Waals surface area contributed by atoms with Crippen LogP contribution in [-0.2, 0) is 9.84 Å². The third-order valence-corrected chi connectivity index (χ3v) is 6.70. The SMILES string of the molecule is CCS(=O)(=O)c1ccccc1C(=O)NCCCCN1CCC(C)CC1. The second-order valence-corrected chi connectivity index (χ2v) is 9.13. The molecule has 0 bridgehead atoms. The molecule has 1 N–H and O–H groups in total. The molecule has 0 aromatic heterocycles. The van der Waals surface area contributed by atoms with Gasteiger partial charge in [0.05, 0.1) is 16.2 Å². The quantitative estimate of drug-likeness (QED) is 0.719. The topological polar surface area (TPSA) is 66.5 Å². The maximum atomic E-state index is 12.3. The number of hydrogen-bond acceptors (Lipinski definition) is 4. The van der Waals surface area contributed by atoms with Gasteiger partial charge in [-0.2, -0.15) is 0 Å². The molecule has 2 rings (SSSR count). The Bertz CT molecular complexity index is 665. The predicted octanol–water partition coefficient (Wildman–Crippen LogP) is 2.72. The fourth-order valence-electron chi connectivity index (χ4n) is 3.12. The maximum Gasteiger partial charge on any atom is 0.252 e. The largest absolute Gasteiger partial charge is 0.352 e. The summed E-state index contributed by atoms with van der Waals surface area (Å²) in [5, 5.41) is 2.86. The Kier molecular flexibility index (Phi) is 7.44. The molecule has 25 heavy (non-hydrogen) atoms. The van der Waals surface area contributed by atoms with Gasteiger partial charge >= 0.3 is 0 Å². The minimum absolute atomic E-state index is 0.00819. The van der Waals surface area contributed by atoms with Crippen LogP contribution in [0.4, 0.5) is 0 Å². The van der Waals surface area contributed by atoms with Crippen LogP contribution in [0.15, 0.2) is 29.2 Å². The number of amides is 1. The highest BCUT2D eigenvalue weighted by Crippen LogP contribution is 2.17. The molecule has 140 valence electrons. The lowest BCUT2D eigenvalue weighted by Gasteiger charge is -2.30. The van der Waals surface area contributed by atoms with Crippen molar-refractivity contribution >= 4 is 15.7 Å². The maximum absolute atomic E-state index is 12.3. The van der Waals surface area contributed by atoms with Crippen molar-refractivity contribution in [3.63, 3.8) is 0 Å². The van der Waals surface area contributed by atoms with Crippen LogP contribution in [0.5, 0.6) is 0 Å². The first-order valence-corrected chi connectivity index (χ1v) is 10.9. The number of piperidine rings is 1. The van der Waals surface area contributed by atoms with Crippen LogP contribution in [0.25, 0.3) is 0 Å². The summed E-state index contributed by atoms with van der Waals surface area (Å²) in [5.41, 5.74) is 0.245. The molecule has 0 aliphatic carbocycles. The van der Waals surface area contributed by atoms with E-state index >= 15 is 0 Å². The minimum atomic E-state index is -3.40. The first kappa shape index (κ1) is 19.9. The average Bonchev–Trinajstić information content (AvgIpc) is 2.63. The van der Waals surface area contributed by atoms with E-state index in [1.165, 1.54) is 32.0 Å². The van der Waals surface area contributed by atoms with E-state index in [4.69, 9.17) is 0 Å². The van der Waals surface area contributed by atoms with E-state index in [0.717, 1.165) is 25.3 Å². The van der Waals surface area contributed by atoms with Crippen molar-refractivity contribution in [1.29, 1.82) is 0 Å². The number of nitrogens with one attached hydrogen (secondary N) is 1. The van der Waals surface area contributed by atoms with E-state index in [1.807, 2.05) is 0 Å². The van der Waals surface area contributed by atoms with Crippen LogP contribution >= 0.6 is 0 Å². The number of nitrogens with zero attached hydrogens (tertiary/aromatic N) is 1. The van der Waals surface area contributed by atoms with Gasteiger partial charge in [-0.05, 0) is 63.4 Å². The summed E-state index contributed by atoms with van der Waals surface area (Å²) < 4.78 is 24.2. The number of likely N-dealkylation sites (tertiary alicyclic amines) is 1. The third-order valence-electron chi connectivity index (χ3n) is 4.91. The molecule has 0 atom stereocenters. The molecule has 0 radical (unpaired) electrons. The molecule has 5 nitrogen and oxygen atoms in total. The Morgan fingerprint density at radius 1 is 1.20 bits per heavy atom. The van der Waals surface area contributed by atoms with Gasteiger partial charge in [0.1, 0.15) is 0 Å². The van der Waals surface area contributed by atoms with Crippen molar-refractivity contribution in [2.75, 3.05) is 31.9 Å². The fourth-order valence-corrected chi connectivity index (χ4v) is 4.22. The summed E-state index contributed by atoms with van der Waals surface area (Å²) in [6.45, 7) is 7.90. The Labute approximate surface area is 151 Å². The highest BCUT2D eigenvalue weighted by Gasteiger charge is 2.20. The second-order valence-electron chi connectivity index (χ2n) is 6.89. The summed E-state index contributed by atoms with van der Waals surface area (Å²) in [4.78, 5) is 15.0. The van der Waals surface area contributed by atoms with E-state index < -0.39 is 9.84 Å². The lowest BCUT2D eigenvalue weighted by molar-refractivity contribution is 0.0949. The Morgan fingerprint density at radius 3 is 2.56 bits per heavy atom.